The number of aryl methyl sites for hydroxylation is 2. The maximum absolute atomic E-state index is 14.0. The first-order chi connectivity index (χ1) is 46.2. The van der Waals surface area contributed by atoms with Crippen molar-refractivity contribution in [2.75, 3.05) is 72.7 Å². The van der Waals surface area contributed by atoms with Gasteiger partial charge in [-0.1, -0.05) is 175 Å². The number of nitro benzene ring substituents is 5. The largest absolute Gasteiger partial charge is 0.697 e. The maximum atomic E-state index is 14.0. The Kier molecular flexibility index (Phi) is 58.7. The Labute approximate surface area is 622 Å². The number of hydrogen-bond acceptors (Lipinski definition) is 19. The van der Waals surface area contributed by atoms with Gasteiger partial charge in [-0.05, 0) is 33.3 Å². The van der Waals surface area contributed by atoms with E-state index in [-0.39, 0.29) is 55.3 Å². The zero-order valence-electron chi connectivity index (χ0n) is 54.6. The monoisotopic (exact) mass is 1730 g/mol. The smallest absolute Gasteiger partial charge is 0.481 e. The van der Waals surface area contributed by atoms with Crippen molar-refractivity contribution in [2.45, 2.75) is 84.3 Å². The summed E-state index contributed by atoms with van der Waals surface area (Å²) < 4.78 is 85.2. The minimum atomic E-state index is -1.83. The number of amides is 2. The number of rotatable bonds is 14. The predicted octanol–water partition coefficient (Wildman–Crippen LogP) is 16.8. The lowest BCUT2D eigenvalue weighted by Gasteiger charge is -2.34. The van der Waals surface area contributed by atoms with Gasteiger partial charge in [0.15, 0.2) is 0 Å². The minimum absolute atomic E-state index is 0. The van der Waals surface area contributed by atoms with Crippen molar-refractivity contribution in [2.24, 2.45) is 0 Å². The number of carbonyl (C=O) groups excluding carboxylic acids is 2. The molecule has 38 heteroatoms. The number of hydrogen-bond donors (Lipinski definition) is 3. The summed E-state index contributed by atoms with van der Waals surface area (Å²) in [5.41, 5.74) is 0.301. The average Bonchev–Trinajstić information content (AvgIpc) is 0.862. The van der Waals surface area contributed by atoms with Crippen LogP contribution in [0.4, 0.5) is 50.4 Å². The number of carboxylic acid groups (broad SMARTS) is 1. The summed E-state index contributed by atoms with van der Waals surface area (Å²) in [6.07, 6.45) is 0. The molecule has 562 valence electrons. The Hall–Kier alpha value is -7.51. The number of carbonyl (C=O) groups is 3. The second kappa shape index (κ2) is 58.0. The third-order valence-electron chi connectivity index (χ3n) is 12.0. The van der Waals surface area contributed by atoms with E-state index in [2.05, 4.69) is 97.1 Å². The highest BCUT2D eigenvalue weighted by Crippen LogP contribution is 2.34. The number of carboxylic acids is 1. The van der Waals surface area contributed by atoms with Gasteiger partial charge < -0.3 is 25.3 Å². The Morgan fingerprint density at radius 3 is 1.14 bits per heavy atom. The fraction of sp³-hybridized carbons (Fsp3) is 0.381. The zero-order chi connectivity index (χ0) is 75.2. The molecule has 27 nitrogen and oxygen atoms in total. The lowest BCUT2D eigenvalue weighted by molar-refractivity contribution is -0.387. The number of piperazine rings is 2. The summed E-state index contributed by atoms with van der Waals surface area (Å²) in [6, 6.07) is 30.8. The Bertz CT molecular complexity index is 3430. The molecule has 8 rings (SSSR count). The molecule has 0 radical (unpaired) electrons. The topological polar surface area (TPSA) is 365 Å². The van der Waals surface area contributed by atoms with Crippen molar-refractivity contribution < 1.29 is 84.8 Å². The van der Waals surface area contributed by atoms with Crippen molar-refractivity contribution in [1.29, 1.82) is 0 Å². The van der Waals surface area contributed by atoms with Gasteiger partial charge >= 0.3 is 36.7 Å². The van der Waals surface area contributed by atoms with Crippen molar-refractivity contribution >= 4 is 131 Å². The molecule has 101 heavy (non-hydrogen) atoms. The van der Waals surface area contributed by atoms with E-state index >= 15 is 0 Å². The molecule has 2 aliphatic heterocycles. The van der Waals surface area contributed by atoms with E-state index in [9.17, 15) is 86.7 Å². The third-order valence-corrected chi connectivity index (χ3v) is 15.2. The van der Waals surface area contributed by atoms with Gasteiger partial charge in [-0.3, -0.25) is 69.9 Å². The van der Waals surface area contributed by atoms with Crippen molar-refractivity contribution in [3.63, 3.8) is 0 Å². The minimum Gasteiger partial charge on any atom is -0.481 e. The van der Waals surface area contributed by atoms with Crippen LogP contribution in [0.15, 0.2) is 121 Å². The number of aliphatic hydroxyl groups is 1. The van der Waals surface area contributed by atoms with Crippen LogP contribution in [0.3, 0.4) is 0 Å². The van der Waals surface area contributed by atoms with Crippen LogP contribution < -0.4 is 5.32 Å². The van der Waals surface area contributed by atoms with Gasteiger partial charge in [0.1, 0.15) is 13.2 Å². The van der Waals surface area contributed by atoms with E-state index in [4.69, 9.17) is 15.0 Å². The predicted molar refractivity (Wildman–Crippen MR) is 393 cm³/mol. The molecule has 2 saturated heterocycles. The van der Waals surface area contributed by atoms with E-state index in [1.807, 2.05) is 28.0 Å². The highest BCUT2D eigenvalue weighted by atomic mass is 79.9. The molecule has 2 amide bonds. The summed E-state index contributed by atoms with van der Waals surface area (Å²) >= 11 is 12.2. The maximum Gasteiger partial charge on any atom is 0.697 e. The number of nitrogens with one attached hydrogen (secondary N) is 1. The summed E-state index contributed by atoms with van der Waals surface area (Å²) in [5, 5.41) is 69.8. The van der Waals surface area contributed by atoms with Gasteiger partial charge in [0.2, 0.25) is 40.9 Å². The number of aliphatic hydroxyl groups excluding tert-OH is 1. The van der Waals surface area contributed by atoms with Crippen molar-refractivity contribution in [3.05, 3.63) is 234 Å². The number of aliphatic carboxylic acids is 1. The van der Waals surface area contributed by atoms with Crippen LogP contribution in [-0.4, -0.2) is 140 Å². The quantitative estimate of drug-likeness (QED) is 0.0300. The summed E-state index contributed by atoms with van der Waals surface area (Å²) in [6.45, 7) is 18.6. The molecule has 0 spiro atoms. The van der Waals surface area contributed by atoms with E-state index < -0.39 is 100 Å². The first kappa shape index (κ1) is 102. The molecule has 0 aliphatic carbocycles. The summed E-state index contributed by atoms with van der Waals surface area (Å²) in [5.74, 6) is -4.48. The molecule has 6 aromatic rings. The van der Waals surface area contributed by atoms with E-state index in [1.54, 1.807) is 31.7 Å². The van der Waals surface area contributed by atoms with Crippen LogP contribution >= 0.6 is 84.4 Å². The van der Waals surface area contributed by atoms with Gasteiger partial charge in [0.25, 0.3) is 5.97 Å². The highest BCUT2D eigenvalue weighted by molar-refractivity contribution is 9.24. The van der Waals surface area contributed by atoms with Crippen LogP contribution in [0, 0.1) is 93.5 Å². The molecule has 0 saturated carbocycles. The number of nitrogens with zero attached hydrogens (tertiary/aromatic N) is 8. The summed E-state index contributed by atoms with van der Waals surface area (Å²) in [4.78, 5) is 84.5. The molecule has 2 heterocycles. The zero-order valence-corrected chi connectivity index (χ0v) is 62.6. The molecule has 2 fully saturated rings. The van der Waals surface area contributed by atoms with Crippen LogP contribution in [0.2, 0.25) is 0 Å². The van der Waals surface area contributed by atoms with Gasteiger partial charge in [-0.25, -0.2) is 0 Å². The number of benzene rings is 6. The fourth-order valence-electron chi connectivity index (χ4n) is 7.29. The van der Waals surface area contributed by atoms with E-state index in [0.29, 0.717) is 68.2 Å². The van der Waals surface area contributed by atoms with Crippen LogP contribution in [-0.2, 0) is 45.2 Å². The lowest BCUT2D eigenvalue weighted by Crippen LogP contribution is -2.47. The second-order valence-corrected chi connectivity index (χ2v) is 24.1. The second-order valence-electron chi connectivity index (χ2n) is 19.0. The van der Waals surface area contributed by atoms with E-state index in [0.717, 1.165) is 70.5 Å². The fourth-order valence-corrected chi connectivity index (χ4v) is 9.36. The van der Waals surface area contributed by atoms with Gasteiger partial charge in [0.05, 0.1) is 28.4 Å². The number of alkyl halides is 4. The van der Waals surface area contributed by atoms with Crippen LogP contribution in [0.25, 0.3) is 0 Å². The SMILES string of the molecule is C.C.CC(=O)N1CCN(Cc2cccc([N+](=O)[O-])c2F)CC1.CC(=O)N1CCNCC1.CC(=O)O.CCO[P+](=O)OCC.CO.Cc1cccc([N+](=O)[O-])c1F.Cc1ccccc1.Cl.O=[N+]([O-])c1cccc(C(Br)Br)c1F.O=[N+]([O-])c1cccc(CBr)c1F.O=[N+]([O-])c1cccc(CBr)c1F. The van der Waals surface area contributed by atoms with Gasteiger partial charge in [-0.15, -0.1) is 21.5 Å². The molecular weight excluding hydrogens is 1650 g/mol. The molecule has 0 atom stereocenters. The van der Waals surface area contributed by atoms with Crippen LogP contribution in [0.1, 0.15) is 86.6 Å². The molecular formula is C63H83Br4ClF5N9O18P+. The number of halogens is 10. The molecule has 6 aromatic carbocycles. The van der Waals surface area contributed by atoms with Gasteiger partial charge in [0, 0.05) is 155 Å². The summed E-state index contributed by atoms with van der Waals surface area (Å²) in [7, 11) is -0.831. The van der Waals surface area contributed by atoms with Gasteiger partial charge in [-0.2, -0.15) is 22.0 Å². The first-order valence-electron chi connectivity index (χ1n) is 28.5. The third kappa shape index (κ3) is 41.9. The molecule has 3 N–H and O–H groups in total. The molecule has 0 aromatic heterocycles. The average molecular weight is 1740 g/mol. The molecule has 0 bridgehead atoms. The molecule has 2 aliphatic rings. The standard InChI is InChI=1S/C13H16FN3O3.C7H4Br2FNO2.2C7H5BrFNO2.C7H6FNO2.C7H8.C6H12N2O.C4H10O3P.C2H4O2.CH4O.2CH4.ClH/c1-10(18)16-7-5-15(6-8-16)9-11-3-2-4-12(13(11)14)17(19)20;8-7(9)4-2-1-3-5(6(4)10)11(12)13;2*8-4-5-2-1-3-6(7(5)9)10(11)12;1-5-3-2-4-6(7(5)8)9(10)11;1-7-5-3-2-4-6-7;1-6(9)8-4-2-7-3-5-8;1-3-6-8(5)7-4-2;1-2(3)4;1-2;;;/h2-4H,5-9H2,1H3;1-3,7H;2*1-3H,4H2;2-4H,1H3;2-6H,1H3;7H,2-5H2,1H3;3-4H2,1-2H3;1H3,(H,3,4);2H,1H3;2*1H4;1H/q;;;;;;;+1;;;;;. The Balaban J connectivity index is -0.000000348. The van der Waals surface area contributed by atoms with Crippen molar-refractivity contribution in [1.82, 2.24) is 20.0 Å². The van der Waals surface area contributed by atoms with Crippen LogP contribution in [0.5, 0.6) is 0 Å². The normalized spacial score (nSPS) is 11.4. The molecule has 0 unspecified atom stereocenters. The Morgan fingerprint density at radius 2 is 0.842 bits per heavy atom. The lowest BCUT2D eigenvalue weighted by atomic mass is 10.1. The number of nitro groups is 5. The van der Waals surface area contributed by atoms with Crippen molar-refractivity contribution in [3.8, 4) is 0 Å². The first-order valence-corrected chi connectivity index (χ1v) is 33.7. The highest BCUT2D eigenvalue weighted by Gasteiger charge is 2.24. The Morgan fingerprint density at radius 1 is 0.525 bits per heavy atom. The van der Waals surface area contributed by atoms with E-state index in [1.165, 1.54) is 74.0 Å².